The molecule has 144 valence electrons. The quantitative estimate of drug-likeness (QED) is 0.767. The summed E-state index contributed by atoms with van der Waals surface area (Å²) in [5, 5.41) is 3.72. The minimum absolute atomic E-state index is 0.0937. The van der Waals surface area contributed by atoms with E-state index >= 15 is 0 Å². The molecule has 0 aromatic heterocycles. The second kappa shape index (κ2) is 9.25. The van der Waals surface area contributed by atoms with Crippen LogP contribution in [0.4, 0.5) is 0 Å². The van der Waals surface area contributed by atoms with Crippen molar-refractivity contribution in [3.05, 3.63) is 65.2 Å². The summed E-state index contributed by atoms with van der Waals surface area (Å²) in [6, 6.07) is 17.5. The van der Waals surface area contributed by atoms with Crippen LogP contribution in [0, 0.1) is 0 Å². The van der Waals surface area contributed by atoms with E-state index in [4.69, 9.17) is 21.1 Å². The zero-order chi connectivity index (χ0) is 19.1. The van der Waals surface area contributed by atoms with Gasteiger partial charge in [0.1, 0.15) is 5.75 Å². The predicted molar refractivity (Wildman–Crippen MR) is 107 cm³/mol. The van der Waals surface area contributed by atoms with Crippen LogP contribution in [0.15, 0.2) is 54.6 Å². The Labute approximate surface area is 165 Å². The van der Waals surface area contributed by atoms with Gasteiger partial charge < -0.3 is 14.8 Å². The first-order valence-corrected chi connectivity index (χ1v) is 9.84. The summed E-state index contributed by atoms with van der Waals surface area (Å²) < 4.78 is 11.4. The predicted octanol–water partition coefficient (Wildman–Crippen LogP) is 4.36. The minimum atomic E-state index is -0.545. The zero-order valence-electron chi connectivity index (χ0n) is 15.6. The van der Waals surface area contributed by atoms with Gasteiger partial charge in [-0.1, -0.05) is 54.9 Å². The van der Waals surface area contributed by atoms with Gasteiger partial charge in [-0.15, -0.1) is 0 Å². The van der Waals surface area contributed by atoms with Crippen molar-refractivity contribution in [3.8, 4) is 5.75 Å². The van der Waals surface area contributed by atoms with Gasteiger partial charge >= 0.3 is 0 Å². The molecule has 0 bridgehead atoms. The fourth-order valence-corrected chi connectivity index (χ4v) is 3.70. The van der Waals surface area contributed by atoms with Gasteiger partial charge in [0, 0.05) is 30.2 Å². The molecular formula is C22H26ClNO3. The lowest BCUT2D eigenvalue weighted by Crippen LogP contribution is -2.48. The van der Waals surface area contributed by atoms with Crippen LogP contribution in [0.2, 0.25) is 5.02 Å². The number of ether oxygens (including phenoxy) is 2. The number of rotatable bonds is 7. The van der Waals surface area contributed by atoms with Gasteiger partial charge in [0.05, 0.1) is 0 Å². The largest absolute Gasteiger partial charge is 0.481 e. The minimum Gasteiger partial charge on any atom is -0.481 e. The van der Waals surface area contributed by atoms with Crippen LogP contribution in [0.5, 0.6) is 5.75 Å². The highest BCUT2D eigenvalue weighted by molar-refractivity contribution is 6.30. The smallest absolute Gasteiger partial charge is 0.261 e. The van der Waals surface area contributed by atoms with E-state index in [2.05, 4.69) is 17.4 Å². The summed E-state index contributed by atoms with van der Waals surface area (Å²) in [6.07, 6.45) is 1.82. The van der Waals surface area contributed by atoms with E-state index in [0.29, 0.717) is 37.0 Å². The topological polar surface area (TPSA) is 47.6 Å². The summed E-state index contributed by atoms with van der Waals surface area (Å²) in [7, 11) is 0. The standard InChI is InChI=1S/C22H26ClNO3/c1-2-20(27-19-10-6-9-18(23)15-19)21(25)24-16-22(11-13-26-14-12-22)17-7-4-3-5-8-17/h3-10,15,20H,2,11-14,16H2,1H3,(H,24,25)/t20-/m0/s1. The van der Waals surface area contributed by atoms with Gasteiger partial charge in [-0.25, -0.2) is 0 Å². The van der Waals surface area contributed by atoms with Gasteiger partial charge in [0.25, 0.3) is 5.91 Å². The van der Waals surface area contributed by atoms with Crippen LogP contribution in [-0.2, 0) is 14.9 Å². The number of hydrogen-bond acceptors (Lipinski definition) is 3. The van der Waals surface area contributed by atoms with Crippen molar-refractivity contribution < 1.29 is 14.3 Å². The van der Waals surface area contributed by atoms with E-state index in [-0.39, 0.29) is 11.3 Å². The van der Waals surface area contributed by atoms with Crippen LogP contribution in [0.3, 0.4) is 0 Å². The molecule has 0 aliphatic carbocycles. The molecule has 1 aliphatic heterocycles. The van der Waals surface area contributed by atoms with E-state index < -0.39 is 6.10 Å². The lowest BCUT2D eigenvalue weighted by molar-refractivity contribution is -0.128. The number of nitrogens with one attached hydrogen (secondary N) is 1. The second-order valence-electron chi connectivity index (χ2n) is 6.95. The first kappa shape index (κ1) is 19.7. The molecule has 0 spiro atoms. The molecule has 4 nitrogen and oxygen atoms in total. The fourth-order valence-electron chi connectivity index (χ4n) is 3.52. The molecule has 2 aromatic rings. The monoisotopic (exact) mass is 387 g/mol. The Kier molecular flexibility index (Phi) is 6.75. The van der Waals surface area contributed by atoms with Crippen LogP contribution in [-0.4, -0.2) is 31.8 Å². The van der Waals surface area contributed by atoms with E-state index in [1.807, 2.05) is 37.3 Å². The Morgan fingerprint density at radius 2 is 1.93 bits per heavy atom. The van der Waals surface area contributed by atoms with Crippen molar-refractivity contribution in [1.29, 1.82) is 0 Å². The molecule has 0 saturated carbocycles. The van der Waals surface area contributed by atoms with Gasteiger partial charge in [-0.05, 0) is 43.0 Å². The van der Waals surface area contributed by atoms with Crippen molar-refractivity contribution in [2.75, 3.05) is 19.8 Å². The number of carbonyl (C=O) groups is 1. The molecule has 1 N–H and O–H groups in total. The molecule has 5 heteroatoms. The van der Waals surface area contributed by atoms with Crippen molar-refractivity contribution in [2.24, 2.45) is 0 Å². The Balaban J connectivity index is 1.67. The highest BCUT2D eigenvalue weighted by Gasteiger charge is 2.35. The Hall–Kier alpha value is -2.04. The summed E-state index contributed by atoms with van der Waals surface area (Å²) in [4.78, 5) is 12.8. The third kappa shape index (κ3) is 5.02. The molecule has 1 amide bonds. The van der Waals surface area contributed by atoms with Crippen LogP contribution < -0.4 is 10.1 Å². The number of hydrogen-bond donors (Lipinski definition) is 1. The average Bonchev–Trinajstić information content (AvgIpc) is 2.71. The van der Waals surface area contributed by atoms with Crippen molar-refractivity contribution in [1.82, 2.24) is 5.32 Å². The molecule has 2 aromatic carbocycles. The van der Waals surface area contributed by atoms with Crippen molar-refractivity contribution in [3.63, 3.8) is 0 Å². The molecule has 1 aliphatic rings. The van der Waals surface area contributed by atoms with E-state index in [9.17, 15) is 4.79 Å². The first-order chi connectivity index (χ1) is 13.1. The number of halogens is 1. The second-order valence-corrected chi connectivity index (χ2v) is 7.39. The zero-order valence-corrected chi connectivity index (χ0v) is 16.4. The van der Waals surface area contributed by atoms with Gasteiger partial charge in [-0.2, -0.15) is 0 Å². The third-order valence-corrected chi connectivity index (χ3v) is 5.41. The van der Waals surface area contributed by atoms with Gasteiger partial charge in [-0.3, -0.25) is 4.79 Å². The van der Waals surface area contributed by atoms with Crippen LogP contribution in [0.1, 0.15) is 31.7 Å². The Morgan fingerprint density at radius 3 is 2.59 bits per heavy atom. The highest BCUT2D eigenvalue weighted by Crippen LogP contribution is 2.34. The van der Waals surface area contributed by atoms with Crippen molar-refractivity contribution in [2.45, 2.75) is 37.7 Å². The molecule has 1 saturated heterocycles. The molecule has 0 unspecified atom stereocenters. The summed E-state index contributed by atoms with van der Waals surface area (Å²) in [6.45, 7) is 3.94. The fraction of sp³-hybridized carbons (Fsp3) is 0.409. The number of benzene rings is 2. The molecule has 1 fully saturated rings. The van der Waals surface area contributed by atoms with E-state index in [1.54, 1.807) is 12.1 Å². The first-order valence-electron chi connectivity index (χ1n) is 9.46. The molecular weight excluding hydrogens is 362 g/mol. The third-order valence-electron chi connectivity index (χ3n) is 5.17. The highest BCUT2D eigenvalue weighted by atomic mass is 35.5. The summed E-state index contributed by atoms with van der Waals surface area (Å²) in [5.74, 6) is 0.507. The Bertz CT molecular complexity index is 744. The van der Waals surface area contributed by atoms with Gasteiger partial charge in [0.15, 0.2) is 6.10 Å². The average molecular weight is 388 g/mol. The maximum atomic E-state index is 12.8. The van der Waals surface area contributed by atoms with Crippen LogP contribution in [0.25, 0.3) is 0 Å². The lowest BCUT2D eigenvalue weighted by atomic mass is 9.74. The maximum Gasteiger partial charge on any atom is 0.261 e. The SMILES string of the molecule is CC[C@H](Oc1cccc(Cl)c1)C(=O)NCC1(c2ccccc2)CCOCC1. The molecule has 1 atom stereocenters. The normalized spacial score (nSPS) is 17.1. The lowest BCUT2D eigenvalue weighted by Gasteiger charge is -2.38. The summed E-state index contributed by atoms with van der Waals surface area (Å²) in [5.41, 5.74) is 1.15. The number of carbonyl (C=O) groups excluding carboxylic acids is 1. The number of amides is 1. The maximum absolute atomic E-state index is 12.8. The molecule has 1 heterocycles. The molecule has 0 radical (unpaired) electrons. The van der Waals surface area contributed by atoms with E-state index in [1.165, 1.54) is 5.56 Å². The van der Waals surface area contributed by atoms with Gasteiger partial charge in [0.2, 0.25) is 0 Å². The molecule has 27 heavy (non-hydrogen) atoms. The summed E-state index contributed by atoms with van der Waals surface area (Å²) >= 11 is 6.01. The van der Waals surface area contributed by atoms with E-state index in [0.717, 1.165) is 12.8 Å². The Morgan fingerprint density at radius 1 is 1.19 bits per heavy atom. The van der Waals surface area contributed by atoms with Crippen LogP contribution >= 0.6 is 11.6 Å². The molecule has 3 rings (SSSR count). The van der Waals surface area contributed by atoms with Crippen molar-refractivity contribution >= 4 is 17.5 Å².